The van der Waals surface area contributed by atoms with Gasteiger partial charge in [0.25, 0.3) is 0 Å². The summed E-state index contributed by atoms with van der Waals surface area (Å²) in [4.78, 5) is 13.0. The van der Waals surface area contributed by atoms with Crippen molar-refractivity contribution in [1.82, 2.24) is 10.2 Å². The highest BCUT2D eigenvalue weighted by molar-refractivity contribution is 5.80. The zero-order valence-electron chi connectivity index (χ0n) is 6.84. The number of amides is 1. The van der Waals surface area contributed by atoms with E-state index < -0.39 is 0 Å². The molecule has 1 saturated carbocycles. The van der Waals surface area contributed by atoms with Gasteiger partial charge in [0.2, 0.25) is 5.91 Å². The Hall–Kier alpha value is -0.570. The largest absolute Gasteiger partial charge is 0.329 e. The molecule has 0 spiro atoms. The highest BCUT2D eigenvalue weighted by Crippen LogP contribution is 2.38. The molecule has 0 aromatic carbocycles. The van der Waals surface area contributed by atoms with E-state index in [1.165, 1.54) is 6.42 Å². The maximum Gasteiger partial charge on any atom is 0.237 e. The van der Waals surface area contributed by atoms with Gasteiger partial charge in [-0.15, -0.1) is 0 Å². The van der Waals surface area contributed by atoms with Gasteiger partial charge in [0.1, 0.15) is 0 Å². The zero-order valence-corrected chi connectivity index (χ0v) is 6.84. The molecule has 1 saturated heterocycles. The molecule has 62 valence electrons. The Morgan fingerprint density at radius 2 is 2.45 bits per heavy atom. The van der Waals surface area contributed by atoms with E-state index in [1.54, 1.807) is 0 Å². The Balaban J connectivity index is 1.81. The fourth-order valence-corrected chi connectivity index (χ4v) is 1.60. The highest BCUT2D eigenvalue weighted by Gasteiger charge is 2.35. The van der Waals surface area contributed by atoms with Gasteiger partial charge in [-0.2, -0.15) is 0 Å². The van der Waals surface area contributed by atoms with E-state index in [0.29, 0.717) is 6.54 Å². The smallest absolute Gasteiger partial charge is 0.237 e. The van der Waals surface area contributed by atoms with Crippen molar-refractivity contribution in [2.75, 3.05) is 19.8 Å². The molecule has 2 aliphatic rings. The Morgan fingerprint density at radius 3 is 2.91 bits per heavy atom. The molecule has 2 rings (SSSR count). The second kappa shape index (κ2) is 2.48. The van der Waals surface area contributed by atoms with Crippen LogP contribution in [0.25, 0.3) is 0 Å². The molecule has 2 fully saturated rings. The number of nitrogens with one attached hydrogen (secondary N) is 1. The van der Waals surface area contributed by atoms with Crippen LogP contribution in [-0.2, 0) is 4.79 Å². The molecule has 1 aliphatic carbocycles. The van der Waals surface area contributed by atoms with Crippen molar-refractivity contribution < 1.29 is 4.79 Å². The second-order valence-corrected chi connectivity index (χ2v) is 3.67. The predicted molar refractivity (Wildman–Crippen MR) is 41.9 cm³/mol. The third kappa shape index (κ3) is 1.38. The standard InChI is InChI=1S/C8H14N2O/c1-6-2-7(6)4-10-5-9-3-8(10)11/h6-7,9H,2-5H2,1H3. The van der Waals surface area contributed by atoms with E-state index in [-0.39, 0.29) is 5.91 Å². The van der Waals surface area contributed by atoms with Gasteiger partial charge in [-0.3, -0.25) is 10.1 Å². The number of hydrogen-bond acceptors (Lipinski definition) is 2. The summed E-state index contributed by atoms with van der Waals surface area (Å²) in [6.45, 7) is 4.54. The molecule has 2 atom stereocenters. The van der Waals surface area contributed by atoms with Crippen molar-refractivity contribution in [3.05, 3.63) is 0 Å². The third-order valence-electron chi connectivity index (χ3n) is 2.66. The molecule has 1 N–H and O–H groups in total. The summed E-state index contributed by atoms with van der Waals surface area (Å²) in [5.74, 6) is 1.91. The topological polar surface area (TPSA) is 32.3 Å². The molecular formula is C8H14N2O. The molecule has 3 nitrogen and oxygen atoms in total. The SMILES string of the molecule is CC1CC1CN1CNCC1=O. The Kier molecular flexibility index (Phi) is 1.60. The second-order valence-electron chi connectivity index (χ2n) is 3.67. The molecule has 0 bridgehead atoms. The van der Waals surface area contributed by atoms with Gasteiger partial charge in [0, 0.05) is 6.54 Å². The van der Waals surface area contributed by atoms with Crippen LogP contribution in [0, 0.1) is 11.8 Å². The summed E-state index contributed by atoms with van der Waals surface area (Å²) in [5, 5.41) is 3.05. The van der Waals surface area contributed by atoms with Crippen molar-refractivity contribution in [2.24, 2.45) is 11.8 Å². The van der Waals surface area contributed by atoms with Crippen LogP contribution < -0.4 is 5.32 Å². The van der Waals surface area contributed by atoms with Crippen LogP contribution in [0.2, 0.25) is 0 Å². The van der Waals surface area contributed by atoms with Gasteiger partial charge < -0.3 is 4.90 Å². The first kappa shape index (κ1) is 7.10. The van der Waals surface area contributed by atoms with Crippen molar-refractivity contribution >= 4 is 5.91 Å². The molecule has 11 heavy (non-hydrogen) atoms. The molecule has 0 aromatic heterocycles. The highest BCUT2D eigenvalue weighted by atomic mass is 16.2. The fraction of sp³-hybridized carbons (Fsp3) is 0.875. The molecule has 0 radical (unpaired) electrons. The summed E-state index contributed by atoms with van der Waals surface area (Å²) in [6.07, 6.45) is 1.31. The summed E-state index contributed by atoms with van der Waals surface area (Å²) < 4.78 is 0. The number of nitrogens with zero attached hydrogens (tertiary/aromatic N) is 1. The summed E-state index contributed by atoms with van der Waals surface area (Å²) >= 11 is 0. The van der Waals surface area contributed by atoms with Crippen molar-refractivity contribution in [1.29, 1.82) is 0 Å². The first-order chi connectivity index (χ1) is 5.27. The van der Waals surface area contributed by atoms with E-state index in [2.05, 4.69) is 12.2 Å². The minimum Gasteiger partial charge on any atom is -0.329 e. The van der Waals surface area contributed by atoms with Gasteiger partial charge in [0.15, 0.2) is 0 Å². The monoisotopic (exact) mass is 154 g/mol. The lowest BCUT2D eigenvalue weighted by atomic mass is 10.3. The third-order valence-corrected chi connectivity index (χ3v) is 2.66. The van der Waals surface area contributed by atoms with Crippen LogP contribution in [0.15, 0.2) is 0 Å². The molecule has 0 aromatic rings. The van der Waals surface area contributed by atoms with Gasteiger partial charge >= 0.3 is 0 Å². The van der Waals surface area contributed by atoms with Crippen LogP contribution in [0.4, 0.5) is 0 Å². The number of rotatable bonds is 2. The number of hydrogen-bond donors (Lipinski definition) is 1. The van der Waals surface area contributed by atoms with Gasteiger partial charge in [-0.25, -0.2) is 0 Å². The fourth-order valence-electron chi connectivity index (χ4n) is 1.60. The maximum atomic E-state index is 11.1. The zero-order chi connectivity index (χ0) is 7.84. The molecule has 1 aliphatic heterocycles. The lowest BCUT2D eigenvalue weighted by Crippen LogP contribution is -2.28. The summed E-state index contributed by atoms with van der Waals surface area (Å²) in [5.41, 5.74) is 0. The lowest BCUT2D eigenvalue weighted by Gasteiger charge is -2.13. The van der Waals surface area contributed by atoms with Crippen molar-refractivity contribution in [3.8, 4) is 0 Å². The molecular weight excluding hydrogens is 140 g/mol. The number of carbonyl (C=O) groups excluding carboxylic acids is 1. The molecule has 1 amide bonds. The quantitative estimate of drug-likeness (QED) is 0.608. The van der Waals surface area contributed by atoms with Crippen LogP contribution in [-0.4, -0.2) is 30.6 Å². The van der Waals surface area contributed by atoms with E-state index in [9.17, 15) is 4.79 Å². The molecule has 2 unspecified atom stereocenters. The van der Waals surface area contributed by atoms with Crippen LogP contribution in [0.3, 0.4) is 0 Å². The van der Waals surface area contributed by atoms with E-state index >= 15 is 0 Å². The Bertz CT molecular complexity index is 181. The van der Waals surface area contributed by atoms with E-state index in [4.69, 9.17) is 0 Å². The summed E-state index contributed by atoms with van der Waals surface area (Å²) in [6, 6.07) is 0. The van der Waals surface area contributed by atoms with Crippen LogP contribution >= 0.6 is 0 Å². The molecule has 3 heteroatoms. The first-order valence-corrected chi connectivity index (χ1v) is 4.26. The Labute approximate surface area is 66.8 Å². The maximum absolute atomic E-state index is 11.1. The van der Waals surface area contributed by atoms with E-state index in [1.807, 2.05) is 4.90 Å². The van der Waals surface area contributed by atoms with Gasteiger partial charge in [-0.05, 0) is 18.3 Å². The minimum absolute atomic E-state index is 0.268. The normalized spacial score (nSPS) is 36.5. The lowest BCUT2D eigenvalue weighted by molar-refractivity contribution is -0.126. The van der Waals surface area contributed by atoms with Crippen molar-refractivity contribution in [3.63, 3.8) is 0 Å². The summed E-state index contributed by atoms with van der Waals surface area (Å²) in [7, 11) is 0. The van der Waals surface area contributed by atoms with Crippen molar-refractivity contribution in [2.45, 2.75) is 13.3 Å². The van der Waals surface area contributed by atoms with Crippen LogP contribution in [0.5, 0.6) is 0 Å². The minimum atomic E-state index is 0.268. The Morgan fingerprint density at radius 1 is 1.73 bits per heavy atom. The van der Waals surface area contributed by atoms with E-state index in [0.717, 1.165) is 25.0 Å². The average molecular weight is 154 g/mol. The average Bonchev–Trinajstić information content (AvgIpc) is 2.48. The molecule has 1 heterocycles. The number of carbonyl (C=O) groups is 1. The van der Waals surface area contributed by atoms with Gasteiger partial charge in [0.05, 0.1) is 13.2 Å². The van der Waals surface area contributed by atoms with Crippen LogP contribution in [0.1, 0.15) is 13.3 Å². The van der Waals surface area contributed by atoms with Gasteiger partial charge in [-0.1, -0.05) is 6.92 Å². The first-order valence-electron chi connectivity index (χ1n) is 4.26. The predicted octanol–water partition coefficient (Wildman–Crippen LogP) is 0.0317.